The molecule has 10 heteroatoms. The van der Waals surface area contributed by atoms with Crippen LogP contribution < -0.4 is 4.74 Å². The molecule has 2 aromatic carbocycles. The smallest absolute Gasteiger partial charge is 0.343 e. The highest BCUT2D eigenvalue weighted by molar-refractivity contribution is 14.1. The Morgan fingerprint density at radius 1 is 1.15 bits per heavy atom. The summed E-state index contributed by atoms with van der Waals surface area (Å²) in [5, 5.41) is -0.463. The Morgan fingerprint density at radius 2 is 1.91 bits per heavy atom. The number of imide groups is 1. The summed E-state index contributed by atoms with van der Waals surface area (Å²) in [6.45, 7) is 0.554. The Kier molecular flexibility index (Phi) is 7.57. The van der Waals surface area contributed by atoms with Crippen LogP contribution in [0, 0.1) is 3.57 Å². The summed E-state index contributed by atoms with van der Waals surface area (Å²) < 4.78 is 10.7. The van der Waals surface area contributed by atoms with Gasteiger partial charge in [0.2, 0.25) is 5.91 Å². The summed E-state index contributed by atoms with van der Waals surface area (Å²) in [6, 6.07) is 13.1. The largest absolute Gasteiger partial charge is 0.481 e. The van der Waals surface area contributed by atoms with Crippen LogP contribution in [-0.2, 0) is 32.1 Å². The molecule has 0 unspecified atom stereocenters. The summed E-state index contributed by atoms with van der Waals surface area (Å²) in [4.78, 5) is 52.4. The lowest BCUT2D eigenvalue weighted by atomic mass is 10.00. The number of hydrogen-bond donors (Lipinski definition) is 0. The minimum absolute atomic E-state index is 0.207. The van der Waals surface area contributed by atoms with E-state index in [4.69, 9.17) is 4.74 Å². The molecule has 0 aliphatic carbocycles. The number of carbonyl (C=O) groups is 4. The van der Waals surface area contributed by atoms with Crippen LogP contribution in [0.25, 0.3) is 6.08 Å². The number of carbonyl (C=O) groups excluding carboxylic acids is 4. The fourth-order valence-corrected chi connectivity index (χ4v) is 5.18. The number of hydrogen-bond acceptors (Lipinski definition) is 7. The first-order valence-electron chi connectivity index (χ1n) is 10.4. The van der Waals surface area contributed by atoms with E-state index in [1.807, 2.05) is 18.2 Å². The van der Waals surface area contributed by atoms with E-state index in [1.165, 1.54) is 12.7 Å². The van der Waals surface area contributed by atoms with Gasteiger partial charge in [0.25, 0.3) is 11.1 Å². The van der Waals surface area contributed by atoms with Crippen molar-refractivity contribution in [3.63, 3.8) is 0 Å². The number of nitrogens with zero attached hydrogens (tertiary/aromatic N) is 2. The van der Waals surface area contributed by atoms with Gasteiger partial charge in [0.05, 0.1) is 15.6 Å². The van der Waals surface area contributed by atoms with Gasteiger partial charge in [0.1, 0.15) is 12.3 Å². The van der Waals surface area contributed by atoms with Crippen molar-refractivity contribution in [2.75, 3.05) is 26.8 Å². The zero-order valence-corrected chi connectivity index (χ0v) is 21.3. The van der Waals surface area contributed by atoms with Crippen molar-refractivity contribution in [1.29, 1.82) is 0 Å². The minimum atomic E-state index is -0.489. The molecule has 34 heavy (non-hydrogen) atoms. The van der Waals surface area contributed by atoms with Gasteiger partial charge in [-0.15, -0.1) is 0 Å². The van der Waals surface area contributed by atoms with Crippen molar-refractivity contribution in [3.05, 3.63) is 67.6 Å². The minimum Gasteiger partial charge on any atom is -0.481 e. The van der Waals surface area contributed by atoms with Crippen molar-refractivity contribution in [2.24, 2.45) is 0 Å². The third-order valence-corrected chi connectivity index (χ3v) is 7.23. The number of amides is 3. The zero-order valence-electron chi connectivity index (χ0n) is 18.3. The number of ether oxygens (including phenoxy) is 2. The van der Waals surface area contributed by atoms with Gasteiger partial charge in [-0.2, -0.15) is 0 Å². The molecule has 1 saturated heterocycles. The molecule has 1 fully saturated rings. The van der Waals surface area contributed by atoms with Crippen molar-refractivity contribution in [3.8, 4) is 5.75 Å². The Hall–Kier alpha value is -2.86. The SMILES string of the molecule is COC(=O)COc1ccc(/C=C2\SC(=O)N(CC(=O)N3CCc4ccccc4C3)C2=O)cc1I. The number of rotatable bonds is 6. The van der Waals surface area contributed by atoms with Crippen LogP contribution in [0.3, 0.4) is 0 Å². The lowest BCUT2D eigenvalue weighted by Crippen LogP contribution is -2.44. The first-order valence-corrected chi connectivity index (χ1v) is 12.3. The molecule has 3 amide bonds. The molecule has 4 rings (SSSR count). The van der Waals surface area contributed by atoms with Gasteiger partial charge in [-0.25, -0.2) is 4.79 Å². The van der Waals surface area contributed by atoms with Crippen molar-refractivity contribution < 1.29 is 28.7 Å². The first-order chi connectivity index (χ1) is 16.4. The van der Waals surface area contributed by atoms with Crippen LogP contribution in [0.5, 0.6) is 5.75 Å². The highest BCUT2D eigenvalue weighted by Crippen LogP contribution is 2.33. The van der Waals surface area contributed by atoms with Gasteiger partial charge in [0.15, 0.2) is 6.61 Å². The average molecular weight is 592 g/mol. The number of esters is 1. The van der Waals surface area contributed by atoms with E-state index in [2.05, 4.69) is 33.4 Å². The van der Waals surface area contributed by atoms with Crippen LogP contribution in [0.1, 0.15) is 16.7 Å². The number of benzene rings is 2. The molecule has 0 saturated carbocycles. The number of halogens is 1. The molecular weight excluding hydrogens is 571 g/mol. The molecule has 176 valence electrons. The van der Waals surface area contributed by atoms with E-state index < -0.39 is 17.1 Å². The predicted molar refractivity (Wildman–Crippen MR) is 135 cm³/mol. The maximum absolute atomic E-state index is 12.9. The van der Waals surface area contributed by atoms with Crippen molar-refractivity contribution >= 4 is 63.5 Å². The van der Waals surface area contributed by atoms with E-state index in [9.17, 15) is 19.2 Å². The van der Waals surface area contributed by atoms with Gasteiger partial charge >= 0.3 is 5.97 Å². The van der Waals surface area contributed by atoms with E-state index in [0.29, 0.717) is 24.4 Å². The Bertz CT molecular complexity index is 1200. The maximum Gasteiger partial charge on any atom is 0.343 e. The van der Waals surface area contributed by atoms with E-state index in [1.54, 1.807) is 29.2 Å². The van der Waals surface area contributed by atoms with Crippen molar-refractivity contribution in [2.45, 2.75) is 13.0 Å². The van der Waals surface area contributed by atoms with E-state index in [0.717, 1.165) is 32.2 Å². The first kappa shape index (κ1) is 24.3. The quantitative estimate of drug-likeness (QED) is 0.288. The van der Waals surface area contributed by atoms with Gasteiger partial charge in [-0.05, 0) is 75.7 Å². The van der Waals surface area contributed by atoms with Gasteiger partial charge in [-0.3, -0.25) is 19.3 Å². The average Bonchev–Trinajstić information content (AvgIpc) is 3.10. The third-order valence-electron chi connectivity index (χ3n) is 5.48. The van der Waals surface area contributed by atoms with E-state index in [-0.39, 0.29) is 24.0 Å². The molecule has 2 aliphatic rings. The molecular formula is C24H21IN2O6S. The number of fused-ring (bicyclic) bond motifs is 1. The predicted octanol–water partition coefficient (Wildman–Crippen LogP) is 3.46. The van der Waals surface area contributed by atoms with Gasteiger partial charge < -0.3 is 14.4 Å². The second-order valence-corrected chi connectivity index (χ2v) is 9.81. The van der Waals surface area contributed by atoms with Crippen LogP contribution in [-0.4, -0.2) is 59.6 Å². The summed E-state index contributed by atoms with van der Waals surface area (Å²) in [7, 11) is 1.28. The molecule has 0 radical (unpaired) electrons. The van der Waals surface area contributed by atoms with Crippen LogP contribution in [0.4, 0.5) is 4.79 Å². The monoisotopic (exact) mass is 592 g/mol. The standard InChI is InChI=1S/C24H21IN2O6S/c1-32-22(29)14-33-19-7-6-15(10-18(19)25)11-20-23(30)27(24(31)34-20)13-21(28)26-9-8-16-4-2-3-5-17(16)12-26/h2-7,10-11H,8-9,12-14H2,1H3/b20-11-. The molecule has 0 N–H and O–H groups in total. The lowest BCUT2D eigenvalue weighted by Gasteiger charge is -2.29. The molecule has 0 bridgehead atoms. The fourth-order valence-electron chi connectivity index (χ4n) is 3.65. The maximum atomic E-state index is 12.9. The molecule has 2 heterocycles. The van der Waals surface area contributed by atoms with Gasteiger partial charge in [0, 0.05) is 13.1 Å². The molecule has 8 nitrogen and oxygen atoms in total. The Labute approximate surface area is 214 Å². The second kappa shape index (κ2) is 10.6. The summed E-state index contributed by atoms with van der Waals surface area (Å²) in [5.74, 6) is -0.719. The summed E-state index contributed by atoms with van der Waals surface area (Å²) in [6.07, 6.45) is 2.36. The topological polar surface area (TPSA) is 93.2 Å². The molecule has 0 spiro atoms. The number of thioether (sulfide) groups is 1. The molecule has 0 atom stereocenters. The normalized spacial score (nSPS) is 16.6. The Balaban J connectivity index is 1.41. The third kappa shape index (κ3) is 5.44. The summed E-state index contributed by atoms with van der Waals surface area (Å²) in [5.41, 5.74) is 3.00. The van der Waals surface area contributed by atoms with Gasteiger partial charge in [-0.1, -0.05) is 30.3 Å². The fraction of sp³-hybridized carbons (Fsp3) is 0.250. The molecule has 0 aromatic heterocycles. The number of methoxy groups -OCH3 is 1. The van der Waals surface area contributed by atoms with Crippen molar-refractivity contribution in [1.82, 2.24) is 9.80 Å². The summed E-state index contributed by atoms with van der Waals surface area (Å²) >= 11 is 2.87. The second-order valence-electron chi connectivity index (χ2n) is 7.66. The highest BCUT2D eigenvalue weighted by Gasteiger charge is 2.37. The molecule has 2 aliphatic heterocycles. The van der Waals surface area contributed by atoms with E-state index >= 15 is 0 Å². The zero-order chi connectivity index (χ0) is 24.2. The van der Waals surface area contributed by atoms with Crippen LogP contribution >= 0.6 is 34.4 Å². The Morgan fingerprint density at radius 3 is 2.65 bits per heavy atom. The van der Waals surface area contributed by atoms with Crippen LogP contribution in [0.15, 0.2) is 47.4 Å². The highest BCUT2D eigenvalue weighted by atomic mass is 127. The lowest BCUT2D eigenvalue weighted by molar-refractivity contribution is -0.143. The molecule has 2 aromatic rings. The van der Waals surface area contributed by atoms with Crippen LogP contribution in [0.2, 0.25) is 0 Å².